The van der Waals surface area contributed by atoms with Gasteiger partial charge in [0.05, 0.1) is 10.6 Å². The van der Waals surface area contributed by atoms with Gasteiger partial charge in [0.2, 0.25) is 0 Å². The van der Waals surface area contributed by atoms with Crippen molar-refractivity contribution in [3.63, 3.8) is 0 Å². The molecule has 1 aliphatic rings. The molecule has 1 aromatic carbocycles. The van der Waals surface area contributed by atoms with Crippen molar-refractivity contribution < 1.29 is 9.59 Å². The monoisotopic (exact) mass is 481 g/mol. The fourth-order valence-corrected chi connectivity index (χ4v) is 4.32. The highest BCUT2D eigenvalue weighted by atomic mass is 35.5. The van der Waals surface area contributed by atoms with Crippen molar-refractivity contribution in [3.8, 4) is 0 Å². The van der Waals surface area contributed by atoms with Crippen molar-refractivity contribution in [1.29, 1.82) is 0 Å². The van der Waals surface area contributed by atoms with E-state index in [1.165, 1.54) is 5.69 Å². The van der Waals surface area contributed by atoms with E-state index in [1.807, 2.05) is 24.5 Å². The zero-order valence-corrected chi connectivity index (χ0v) is 20.7. The van der Waals surface area contributed by atoms with Crippen molar-refractivity contribution in [2.45, 2.75) is 33.1 Å². The average Bonchev–Trinajstić information content (AvgIpc) is 2.85. The molecule has 0 atom stereocenters. The van der Waals surface area contributed by atoms with E-state index in [0.717, 1.165) is 32.4 Å². The third kappa shape index (κ3) is 6.67. The van der Waals surface area contributed by atoms with Gasteiger partial charge < -0.3 is 15.5 Å². The van der Waals surface area contributed by atoms with Gasteiger partial charge in [0.1, 0.15) is 5.71 Å². The fourth-order valence-electron chi connectivity index (χ4n) is 4.10. The van der Waals surface area contributed by atoms with Crippen LogP contribution in [0.2, 0.25) is 5.02 Å². The highest BCUT2D eigenvalue weighted by molar-refractivity contribution is 6.45. The van der Waals surface area contributed by atoms with Crippen LogP contribution in [0, 0.1) is 5.92 Å². The predicted octanol–water partition coefficient (Wildman–Crippen LogP) is 4.25. The van der Waals surface area contributed by atoms with Crippen molar-refractivity contribution in [3.05, 3.63) is 70.6 Å². The number of nitrogens with one attached hydrogen (secondary N) is 2. The number of piperidine rings is 1. The first-order valence-corrected chi connectivity index (χ1v) is 11.9. The second-order valence-corrected chi connectivity index (χ2v) is 8.84. The third-order valence-corrected chi connectivity index (χ3v) is 6.59. The molecule has 0 radical (unpaired) electrons. The molecule has 1 saturated heterocycles. The lowest BCUT2D eigenvalue weighted by Crippen LogP contribution is -2.37. The van der Waals surface area contributed by atoms with Gasteiger partial charge >= 0.3 is 0 Å². The second kappa shape index (κ2) is 12.3. The highest BCUT2D eigenvalue weighted by Gasteiger charge is 2.21. The maximum atomic E-state index is 12.8. The van der Waals surface area contributed by atoms with Gasteiger partial charge in [-0.25, -0.2) is 0 Å². The van der Waals surface area contributed by atoms with Gasteiger partial charge in [0, 0.05) is 50.5 Å². The second-order valence-electron chi connectivity index (χ2n) is 8.44. The van der Waals surface area contributed by atoms with Gasteiger partial charge in [-0.3, -0.25) is 19.6 Å². The zero-order chi connectivity index (χ0) is 24.5. The molecule has 1 aliphatic heterocycles. The minimum Gasteiger partial charge on any atom is -0.371 e. The van der Waals surface area contributed by atoms with Crippen LogP contribution in [0.25, 0.3) is 0 Å². The van der Waals surface area contributed by atoms with Crippen molar-refractivity contribution in [2.24, 2.45) is 10.9 Å². The molecular formula is C26H32ClN5O2. The van der Waals surface area contributed by atoms with Crippen LogP contribution in [0.5, 0.6) is 0 Å². The zero-order valence-electron chi connectivity index (χ0n) is 20.0. The quantitative estimate of drug-likeness (QED) is 0.552. The van der Waals surface area contributed by atoms with Gasteiger partial charge in [0.15, 0.2) is 0 Å². The number of carbonyl (C=O) groups is 2. The number of aromatic nitrogens is 1. The summed E-state index contributed by atoms with van der Waals surface area (Å²) in [5.41, 5.74) is 3.08. The topological polar surface area (TPSA) is 86.7 Å². The van der Waals surface area contributed by atoms with Crippen molar-refractivity contribution in [1.82, 2.24) is 15.6 Å². The van der Waals surface area contributed by atoms with E-state index in [-0.39, 0.29) is 11.8 Å². The molecule has 1 fully saturated rings. The van der Waals surface area contributed by atoms with E-state index in [1.54, 1.807) is 45.2 Å². The van der Waals surface area contributed by atoms with Crippen LogP contribution in [-0.2, 0) is 4.79 Å². The van der Waals surface area contributed by atoms with E-state index in [2.05, 4.69) is 25.5 Å². The van der Waals surface area contributed by atoms with Crippen molar-refractivity contribution >= 4 is 34.8 Å². The lowest BCUT2D eigenvalue weighted by atomic mass is 9.93. The molecule has 180 valence electrons. The molecule has 0 bridgehead atoms. The molecule has 2 aromatic rings. The Bertz CT molecular complexity index is 1060. The standard InChI is InChI=1S/C26H32ClN5O2/c1-18(19(2)31-25(33)22-6-4-5-7-23(22)27)24(28-3)26(34)30-15-8-20-11-16-32(17-12-20)21-9-13-29-14-10-21/h4-7,9-10,13-14,20H,8,11-12,15-17H2,1-3H3,(H,30,34)(H,31,33)/b19-18+,28-24?. The molecule has 0 aliphatic carbocycles. The molecule has 3 rings (SSSR count). The molecule has 2 heterocycles. The summed E-state index contributed by atoms with van der Waals surface area (Å²) >= 11 is 6.11. The number of hydrogen-bond acceptors (Lipinski definition) is 5. The number of amides is 2. The molecule has 0 spiro atoms. The minimum atomic E-state index is -0.323. The Balaban J connectivity index is 1.48. The van der Waals surface area contributed by atoms with Gasteiger partial charge in [-0.05, 0) is 68.9 Å². The van der Waals surface area contributed by atoms with Crippen LogP contribution in [0.4, 0.5) is 5.69 Å². The van der Waals surface area contributed by atoms with Crippen LogP contribution < -0.4 is 15.5 Å². The minimum absolute atomic E-state index is 0.236. The lowest BCUT2D eigenvalue weighted by molar-refractivity contribution is -0.114. The van der Waals surface area contributed by atoms with E-state index in [4.69, 9.17) is 11.6 Å². The molecule has 0 unspecified atom stereocenters. The number of pyridine rings is 1. The van der Waals surface area contributed by atoms with Gasteiger partial charge in [-0.15, -0.1) is 0 Å². The lowest BCUT2D eigenvalue weighted by Gasteiger charge is -2.33. The summed E-state index contributed by atoms with van der Waals surface area (Å²) in [5.74, 6) is 0.0191. The molecule has 0 saturated carbocycles. The first-order chi connectivity index (χ1) is 16.4. The van der Waals surface area contributed by atoms with Gasteiger partial charge in [-0.1, -0.05) is 23.7 Å². The first kappa shape index (κ1) is 25.4. The Hall–Kier alpha value is -3.19. The Morgan fingerprint density at radius 1 is 1.12 bits per heavy atom. The van der Waals surface area contributed by atoms with E-state index in [9.17, 15) is 9.59 Å². The molecule has 34 heavy (non-hydrogen) atoms. The summed E-state index contributed by atoms with van der Waals surface area (Å²) < 4.78 is 0. The number of aliphatic imine (C=N–C) groups is 1. The number of nitrogens with zero attached hydrogens (tertiary/aromatic N) is 3. The highest BCUT2D eigenvalue weighted by Crippen LogP contribution is 2.24. The molecule has 7 nitrogen and oxygen atoms in total. The Labute approximate surface area is 206 Å². The molecular weight excluding hydrogens is 450 g/mol. The normalized spacial score (nSPS) is 15.5. The molecule has 1 aromatic heterocycles. The summed E-state index contributed by atoms with van der Waals surface area (Å²) in [6.45, 7) is 6.14. The molecule has 2 amide bonds. The number of carbonyl (C=O) groups excluding carboxylic acids is 2. The molecule has 8 heteroatoms. The number of rotatable bonds is 8. The molecule has 2 N–H and O–H groups in total. The number of benzene rings is 1. The van der Waals surface area contributed by atoms with Gasteiger partial charge in [-0.2, -0.15) is 0 Å². The number of anilines is 1. The maximum absolute atomic E-state index is 12.8. The van der Waals surface area contributed by atoms with Crippen LogP contribution in [0.3, 0.4) is 0 Å². The smallest absolute Gasteiger partial charge is 0.269 e. The van der Waals surface area contributed by atoms with E-state index < -0.39 is 0 Å². The number of halogens is 1. The summed E-state index contributed by atoms with van der Waals surface area (Å²) in [6.07, 6.45) is 6.77. The Morgan fingerprint density at radius 2 is 1.79 bits per heavy atom. The first-order valence-electron chi connectivity index (χ1n) is 11.5. The summed E-state index contributed by atoms with van der Waals surface area (Å²) in [6, 6.07) is 10.9. The van der Waals surface area contributed by atoms with Crippen LogP contribution in [0.15, 0.2) is 65.1 Å². The summed E-state index contributed by atoms with van der Waals surface area (Å²) in [7, 11) is 1.58. The average molecular weight is 482 g/mol. The largest absolute Gasteiger partial charge is 0.371 e. The number of hydrogen-bond donors (Lipinski definition) is 2. The Kier molecular flexibility index (Phi) is 9.22. The van der Waals surface area contributed by atoms with Crippen LogP contribution >= 0.6 is 11.6 Å². The predicted molar refractivity (Wildman–Crippen MR) is 137 cm³/mol. The maximum Gasteiger partial charge on any atom is 0.269 e. The fraction of sp³-hybridized carbons (Fsp3) is 0.385. The number of allylic oxidation sites excluding steroid dienone is 1. The summed E-state index contributed by atoms with van der Waals surface area (Å²) in [5, 5.41) is 6.19. The van der Waals surface area contributed by atoms with Crippen LogP contribution in [0.1, 0.15) is 43.5 Å². The Morgan fingerprint density at radius 3 is 2.44 bits per heavy atom. The van der Waals surface area contributed by atoms with Crippen molar-refractivity contribution in [2.75, 3.05) is 31.6 Å². The van der Waals surface area contributed by atoms with E-state index in [0.29, 0.717) is 40.0 Å². The SMILES string of the molecule is CN=C(C(=O)NCCC1CCN(c2ccncc2)CC1)/C(C)=C(\C)NC(=O)c1ccccc1Cl. The van der Waals surface area contributed by atoms with Crippen LogP contribution in [-0.4, -0.2) is 49.2 Å². The van der Waals surface area contributed by atoms with Gasteiger partial charge in [0.25, 0.3) is 11.8 Å². The van der Waals surface area contributed by atoms with E-state index >= 15 is 0 Å². The summed E-state index contributed by atoms with van der Waals surface area (Å²) in [4.78, 5) is 36.0. The third-order valence-electron chi connectivity index (χ3n) is 6.26.